The number of hydrogen-bond donors (Lipinski definition) is 0. The molecule has 4 nitrogen and oxygen atoms in total. The van der Waals surface area contributed by atoms with Gasteiger partial charge in [-0.3, -0.25) is 9.59 Å². The van der Waals surface area contributed by atoms with E-state index in [2.05, 4.69) is 0 Å². The Labute approximate surface area is 74.7 Å². The fourth-order valence-corrected chi connectivity index (χ4v) is 1.12. The third kappa shape index (κ3) is 1.58. The Balaban J connectivity index is 2.70. The number of ether oxygens (including phenoxy) is 1. The molecule has 0 aliphatic carbocycles. The Bertz CT molecular complexity index is 261. The van der Waals surface area contributed by atoms with Crippen molar-refractivity contribution in [3.63, 3.8) is 0 Å². The van der Waals surface area contributed by atoms with Crippen molar-refractivity contribution in [1.82, 2.24) is 4.90 Å². The molecule has 1 amide bonds. The lowest BCUT2D eigenvalue weighted by molar-refractivity contribution is -0.153. The van der Waals surface area contributed by atoms with E-state index >= 15 is 0 Å². The summed E-state index contributed by atoms with van der Waals surface area (Å²) in [4.78, 5) is 22.8. The minimum absolute atomic E-state index is 0.0868. The lowest BCUT2D eigenvalue weighted by Crippen LogP contribution is -2.33. The highest BCUT2D eigenvalue weighted by Crippen LogP contribution is 2.19. The number of carbonyl (C=O) groups is 2. The molecule has 1 aliphatic heterocycles. The number of rotatable bonds is 1. The summed E-state index contributed by atoms with van der Waals surface area (Å²) in [6.45, 7) is 1.28. The highest BCUT2D eigenvalue weighted by molar-refractivity contribution is 6.42. The molecule has 0 N–H and O–H groups in total. The van der Waals surface area contributed by atoms with Gasteiger partial charge in [0.15, 0.2) is 6.23 Å². The summed E-state index contributed by atoms with van der Waals surface area (Å²) >= 11 is 5.51. The third-order valence-corrected chi connectivity index (χ3v) is 1.77. The molecular formula is C7H8ClNO3. The monoisotopic (exact) mass is 189 g/mol. The fourth-order valence-electron chi connectivity index (χ4n) is 0.875. The summed E-state index contributed by atoms with van der Waals surface area (Å²) in [5, 5.41) is 0.0868. The van der Waals surface area contributed by atoms with Gasteiger partial charge in [0.05, 0.1) is 0 Å². The molecule has 0 aromatic carbocycles. The van der Waals surface area contributed by atoms with Crippen LogP contribution in [0, 0.1) is 0 Å². The van der Waals surface area contributed by atoms with Crippen molar-refractivity contribution in [2.24, 2.45) is 0 Å². The first kappa shape index (κ1) is 9.06. The Hall–Kier alpha value is -1.03. The van der Waals surface area contributed by atoms with Crippen molar-refractivity contribution in [3.8, 4) is 0 Å². The highest BCUT2D eigenvalue weighted by atomic mass is 35.5. The second-order valence-corrected chi connectivity index (χ2v) is 2.84. The van der Waals surface area contributed by atoms with Crippen molar-refractivity contribution in [2.75, 3.05) is 7.05 Å². The summed E-state index contributed by atoms with van der Waals surface area (Å²) in [7, 11) is 1.52. The minimum Gasteiger partial charge on any atom is -0.438 e. The summed E-state index contributed by atoms with van der Waals surface area (Å²) < 4.78 is 4.77. The van der Waals surface area contributed by atoms with Gasteiger partial charge < -0.3 is 9.64 Å². The molecule has 5 heteroatoms. The first-order valence-electron chi connectivity index (χ1n) is 3.34. The number of amides is 1. The topological polar surface area (TPSA) is 46.6 Å². The molecule has 1 unspecified atom stereocenters. The van der Waals surface area contributed by atoms with Gasteiger partial charge in [0.1, 0.15) is 5.03 Å². The van der Waals surface area contributed by atoms with Crippen molar-refractivity contribution in [2.45, 2.75) is 13.2 Å². The molecule has 12 heavy (non-hydrogen) atoms. The number of halogens is 1. The Kier molecular flexibility index (Phi) is 2.38. The number of hydrogen-bond acceptors (Lipinski definition) is 3. The van der Waals surface area contributed by atoms with Crippen LogP contribution in [0.3, 0.4) is 0 Å². The van der Waals surface area contributed by atoms with E-state index in [1.54, 1.807) is 0 Å². The average Bonchev–Trinajstić information content (AvgIpc) is 2.17. The SMILES string of the molecule is CC(=O)OC1C=C(Cl)C(=O)N1C. The summed E-state index contributed by atoms with van der Waals surface area (Å²) in [5.41, 5.74) is 0. The van der Waals surface area contributed by atoms with Crippen LogP contribution in [0.5, 0.6) is 0 Å². The minimum atomic E-state index is -0.650. The van der Waals surface area contributed by atoms with Gasteiger partial charge in [-0.1, -0.05) is 11.6 Å². The van der Waals surface area contributed by atoms with Crippen LogP contribution in [0.25, 0.3) is 0 Å². The van der Waals surface area contributed by atoms with E-state index in [1.165, 1.54) is 24.9 Å². The Morgan fingerprint density at radius 3 is 2.67 bits per heavy atom. The van der Waals surface area contributed by atoms with Gasteiger partial charge in [-0.25, -0.2) is 0 Å². The zero-order valence-electron chi connectivity index (χ0n) is 6.70. The maximum atomic E-state index is 11.0. The largest absolute Gasteiger partial charge is 0.438 e. The fraction of sp³-hybridized carbons (Fsp3) is 0.429. The second-order valence-electron chi connectivity index (χ2n) is 2.43. The smallest absolute Gasteiger partial charge is 0.304 e. The zero-order chi connectivity index (χ0) is 9.30. The molecule has 1 heterocycles. The normalized spacial score (nSPS) is 22.6. The Morgan fingerprint density at radius 2 is 2.33 bits per heavy atom. The number of nitrogens with zero attached hydrogens (tertiary/aromatic N) is 1. The molecule has 0 saturated heterocycles. The van der Waals surface area contributed by atoms with E-state index in [4.69, 9.17) is 16.3 Å². The van der Waals surface area contributed by atoms with Gasteiger partial charge in [0.2, 0.25) is 0 Å². The van der Waals surface area contributed by atoms with Crippen LogP contribution < -0.4 is 0 Å². The molecule has 0 aromatic heterocycles. The van der Waals surface area contributed by atoms with Crippen LogP contribution in [0.4, 0.5) is 0 Å². The van der Waals surface area contributed by atoms with Crippen LogP contribution in [0.2, 0.25) is 0 Å². The summed E-state index contributed by atoms with van der Waals surface area (Å²) in [5.74, 6) is -0.773. The van der Waals surface area contributed by atoms with Crippen molar-refractivity contribution in [1.29, 1.82) is 0 Å². The number of carbonyl (C=O) groups excluding carboxylic acids is 2. The van der Waals surface area contributed by atoms with Crippen molar-refractivity contribution >= 4 is 23.5 Å². The predicted octanol–water partition coefficient (Wildman–Crippen LogP) is 0.470. The van der Waals surface area contributed by atoms with Crippen molar-refractivity contribution < 1.29 is 14.3 Å². The van der Waals surface area contributed by atoms with Crippen LogP contribution in [0.15, 0.2) is 11.1 Å². The molecule has 1 rings (SSSR count). The van der Waals surface area contributed by atoms with Gasteiger partial charge in [0, 0.05) is 20.0 Å². The van der Waals surface area contributed by atoms with E-state index in [0.717, 1.165) is 0 Å². The van der Waals surface area contributed by atoms with Gasteiger partial charge >= 0.3 is 5.97 Å². The van der Waals surface area contributed by atoms with Gasteiger partial charge in [-0.15, -0.1) is 0 Å². The van der Waals surface area contributed by atoms with Crippen LogP contribution >= 0.6 is 11.6 Å². The molecule has 0 radical (unpaired) electrons. The maximum absolute atomic E-state index is 11.0. The van der Waals surface area contributed by atoms with E-state index < -0.39 is 12.2 Å². The standard InChI is InChI=1S/C7H8ClNO3/c1-4(10)12-6-3-5(8)7(11)9(6)2/h3,6H,1-2H3. The zero-order valence-corrected chi connectivity index (χ0v) is 7.46. The summed E-state index contributed by atoms with van der Waals surface area (Å²) in [6, 6.07) is 0. The van der Waals surface area contributed by atoms with E-state index in [-0.39, 0.29) is 10.9 Å². The molecule has 0 bridgehead atoms. The summed E-state index contributed by atoms with van der Waals surface area (Å²) in [6.07, 6.45) is 0.744. The van der Waals surface area contributed by atoms with Crippen LogP contribution in [-0.4, -0.2) is 30.1 Å². The first-order valence-corrected chi connectivity index (χ1v) is 3.72. The highest BCUT2D eigenvalue weighted by Gasteiger charge is 2.29. The quantitative estimate of drug-likeness (QED) is 0.564. The second kappa shape index (κ2) is 3.15. The maximum Gasteiger partial charge on any atom is 0.304 e. The third-order valence-electron chi connectivity index (χ3n) is 1.48. The molecule has 0 spiro atoms. The average molecular weight is 190 g/mol. The molecule has 66 valence electrons. The van der Waals surface area contributed by atoms with Gasteiger partial charge in [-0.2, -0.15) is 0 Å². The number of likely N-dealkylation sites (N-methyl/N-ethyl adjacent to an activating group) is 1. The Morgan fingerprint density at radius 1 is 1.75 bits per heavy atom. The van der Waals surface area contributed by atoms with Gasteiger partial charge in [-0.05, 0) is 0 Å². The predicted molar refractivity (Wildman–Crippen MR) is 42.3 cm³/mol. The van der Waals surface area contributed by atoms with Gasteiger partial charge in [0.25, 0.3) is 5.91 Å². The molecule has 0 saturated carbocycles. The molecule has 1 atom stereocenters. The molecule has 0 fully saturated rings. The lowest BCUT2D eigenvalue weighted by atomic mass is 10.5. The lowest BCUT2D eigenvalue weighted by Gasteiger charge is -2.18. The van der Waals surface area contributed by atoms with Crippen LogP contribution in [0.1, 0.15) is 6.92 Å². The van der Waals surface area contributed by atoms with Crippen molar-refractivity contribution in [3.05, 3.63) is 11.1 Å². The van der Waals surface area contributed by atoms with E-state index in [9.17, 15) is 9.59 Å². The van der Waals surface area contributed by atoms with E-state index in [1.807, 2.05) is 0 Å². The first-order chi connectivity index (χ1) is 5.52. The molecule has 0 aromatic rings. The van der Waals surface area contributed by atoms with E-state index in [0.29, 0.717) is 0 Å². The van der Waals surface area contributed by atoms with Crippen LogP contribution in [-0.2, 0) is 14.3 Å². The molecule has 1 aliphatic rings. The number of esters is 1. The molecular weight excluding hydrogens is 182 g/mol.